The van der Waals surface area contributed by atoms with Crippen molar-refractivity contribution in [1.29, 1.82) is 0 Å². The van der Waals surface area contributed by atoms with Crippen molar-refractivity contribution in [2.75, 3.05) is 25.5 Å². The SMILES string of the molecule is CCCCN(C)CC(=O)Nc1ccc(C)cc1. The van der Waals surface area contributed by atoms with Crippen molar-refractivity contribution in [3.05, 3.63) is 29.8 Å². The second kappa shape index (κ2) is 7.07. The number of aryl methyl sites for hydroxylation is 1. The Labute approximate surface area is 104 Å². The first-order chi connectivity index (χ1) is 8.11. The Hall–Kier alpha value is -1.35. The van der Waals surface area contributed by atoms with Crippen molar-refractivity contribution in [2.24, 2.45) is 0 Å². The second-order valence-electron chi connectivity index (χ2n) is 4.51. The summed E-state index contributed by atoms with van der Waals surface area (Å²) in [6.07, 6.45) is 2.29. The van der Waals surface area contributed by atoms with E-state index >= 15 is 0 Å². The molecule has 0 aromatic heterocycles. The first-order valence-corrected chi connectivity index (χ1v) is 6.17. The molecule has 0 heterocycles. The van der Waals surface area contributed by atoms with Crippen molar-refractivity contribution < 1.29 is 4.79 Å². The Kier molecular flexibility index (Phi) is 5.70. The molecule has 0 spiro atoms. The van der Waals surface area contributed by atoms with E-state index in [0.717, 1.165) is 25.1 Å². The Balaban J connectivity index is 2.36. The van der Waals surface area contributed by atoms with E-state index in [-0.39, 0.29) is 5.91 Å². The lowest BCUT2D eigenvalue weighted by molar-refractivity contribution is -0.117. The van der Waals surface area contributed by atoms with Gasteiger partial charge in [0.25, 0.3) is 0 Å². The molecule has 0 aliphatic carbocycles. The van der Waals surface area contributed by atoms with Crippen LogP contribution >= 0.6 is 0 Å². The van der Waals surface area contributed by atoms with Crippen LogP contribution in [0.3, 0.4) is 0 Å². The fraction of sp³-hybridized carbons (Fsp3) is 0.500. The zero-order valence-electron chi connectivity index (χ0n) is 11.0. The molecule has 0 saturated heterocycles. The number of benzene rings is 1. The predicted octanol–water partition coefficient (Wildman–Crippen LogP) is 2.67. The van der Waals surface area contributed by atoms with Gasteiger partial charge in [-0.1, -0.05) is 31.0 Å². The maximum atomic E-state index is 11.7. The molecule has 1 amide bonds. The van der Waals surface area contributed by atoms with Crippen molar-refractivity contribution in [1.82, 2.24) is 4.90 Å². The van der Waals surface area contributed by atoms with E-state index in [9.17, 15) is 4.79 Å². The predicted molar refractivity (Wildman–Crippen MR) is 72.2 cm³/mol. The third kappa shape index (κ3) is 5.50. The molecule has 0 bridgehead atoms. The summed E-state index contributed by atoms with van der Waals surface area (Å²) in [7, 11) is 1.98. The van der Waals surface area contributed by atoms with Crippen LogP contribution in [0.4, 0.5) is 5.69 Å². The van der Waals surface area contributed by atoms with Crippen molar-refractivity contribution in [3.63, 3.8) is 0 Å². The molecule has 3 heteroatoms. The van der Waals surface area contributed by atoms with Crippen LogP contribution < -0.4 is 5.32 Å². The van der Waals surface area contributed by atoms with E-state index in [2.05, 4.69) is 12.2 Å². The van der Waals surface area contributed by atoms with E-state index in [1.807, 2.05) is 43.1 Å². The number of nitrogens with zero attached hydrogens (tertiary/aromatic N) is 1. The summed E-state index contributed by atoms with van der Waals surface area (Å²) in [6, 6.07) is 7.85. The number of amides is 1. The molecular weight excluding hydrogens is 212 g/mol. The molecule has 1 N–H and O–H groups in total. The number of hydrogen-bond acceptors (Lipinski definition) is 2. The molecule has 0 radical (unpaired) electrons. The highest BCUT2D eigenvalue weighted by molar-refractivity contribution is 5.92. The smallest absolute Gasteiger partial charge is 0.238 e. The van der Waals surface area contributed by atoms with Gasteiger partial charge in [0.15, 0.2) is 0 Å². The second-order valence-corrected chi connectivity index (χ2v) is 4.51. The molecule has 1 aromatic rings. The molecular formula is C14H22N2O. The summed E-state index contributed by atoms with van der Waals surface area (Å²) in [5, 5.41) is 2.90. The summed E-state index contributed by atoms with van der Waals surface area (Å²) < 4.78 is 0. The number of hydrogen-bond donors (Lipinski definition) is 1. The number of carbonyl (C=O) groups is 1. The van der Waals surface area contributed by atoms with Crippen molar-refractivity contribution in [3.8, 4) is 0 Å². The van der Waals surface area contributed by atoms with Gasteiger partial charge in [0.2, 0.25) is 5.91 Å². The summed E-state index contributed by atoms with van der Waals surface area (Å²) in [5.74, 6) is 0.0486. The maximum absolute atomic E-state index is 11.7. The highest BCUT2D eigenvalue weighted by Crippen LogP contribution is 2.08. The zero-order chi connectivity index (χ0) is 12.7. The quantitative estimate of drug-likeness (QED) is 0.820. The summed E-state index contributed by atoms with van der Waals surface area (Å²) in [4.78, 5) is 13.8. The van der Waals surface area contributed by atoms with Gasteiger partial charge in [0.05, 0.1) is 6.54 Å². The lowest BCUT2D eigenvalue weighted by Crippen LogP contribution is -2.30. The lowest BCUT2D eigenvalue weighted by atomic mass is 10.2. The fourth-order valence-corrected chi connectivity index (χ4v) is 1.59. The van der Waals surface area contributed by atoms with Gasteiger partial charge < -0.3 is 5.32 Å². The number of unbranched alkanes of at least 4 members (excludes halogenated alkanes) is 1. The highest BCUT2D eigenvalue weighted by atomic mass is 16.2. The van der Waals surface area contributed by atoms with E-state index in [1.54, 1.807) is 0 Å². The van der Waals surface area contributed by atoms with E-state index < -0.39 is 0 Å². The third-order valence-electron chi connectivity index (χ3n) is 2.64. The van der Waals surface area contributed by atoms with Crippen LogP contribution in [0, 0.1) is 6.92 Å². The van der Waals surface area contributed by atoms with Crippen LogP contribution in [0.2, 0.25) is 0 Å². The lowest BCUT2D eigenvalue weighted by Gasteiger charge is -2.15. The average Bonchev–Trinajstić information content (AvgIpc) is 2.29. The largest absolute Gasteiger partial charge is 0.325 e. The number of carbonyl (C=O) groups excluding carboxylic acids is 1. The normalized spacial score (nSPS) is 10.6. The molecule has 0 aliphatic heterocycles. The minimum absolute atomic E-state index is 0.0486. The zero-order valence-corrected chi connectivity index (χ0v) is 11.0. The van der Waals surface area contributed by atoms with Gasteiger partial charge in [-0.15, -0.1) is 0 Å². The standard InChI is InChI=1S/C14H22N2O/c1-4-5-10-16(3)11-14(17)15-13-8-6-12(2)7-9-13/h6-9H,4-5,10-11H2,1-3H3,(H,15,17). The Morgan fingerprint density at radius 2 is 1.94 bits per heavy atom. The number of nitrogens with one attached hydrogen (secondary N) is 1. The monoisotopic (exact) mass is 234 g/mol. The van der Waals surface area contributed by atoms with Crippen LogP contribution in [0.1, 0.15) is 25.3 Å². The van der Waals surface area contributed by atoms with E-state index in [4.69, 9.17) is 0 Å². The topological polar surface area (TPSA) is 32.3 Å². The molecule has 0 unspecified atom stereocenters. The van der Waals surface area contributed by atoms with Crippen LogP contribution in [0.25, 0.3) is 0 Å². The van der Waals surface area contributed by atoms with Gasteiger partial charge in [-0.3, -0.25) is 9.69 Å². The average molecular weight is 234 g/mol. The van der Waals surface area contributed by atoms with Crippen LogP contribution in [-0.4, -0.2) is 30.9 Å². The van der Waals surface area contributed by atoms with Gasteiger partial charge in [-0.25, -0.2) is 0 Å². The first kappa shape index (κ1) is 13.7. The van der Waals surface area contributed by atoms with E-state index in [0.29, 0.717) is 6.54 Å². The maximum Gasteiger partial charge on any atom is 0.238 e. The molecule has 1 rings (SSSR count). The molecule has 94 valence electrons. The Morgan fingerprint density at radius 1 is 1.29 bits per heavy atom. The summed E-state index contributed by atoms with van der Waals surface area (Å²) in [6.45, 7) is 5.61. The molecule has 0 atom stereocenters. The minimum Gasteiger partial charge on any atom is -0.325 e. The number of likely N-dealkylation sites (N-methyl/N-ethyl adjacent to an activating group) is 1. The van der Waals surface area contributed by atoms with Gasteiger partial charge >= 0.3 is 0 Å². The fourth-order valence-electron chi connectivity index (χ4n) is 1.59. The molecule has 0 fully saturated rings. The highest BCUT2D eigenvalue weighted by Gasteiger charge is 2.05. The van der Waals surface area contributed by atoms with Crippen LogP contribution in [0.15, 0.2) is 24.3 Å². The minimum atomic E-state index is 0.0486. The van der Waals surface area contributed by atoms with Gasteiger partial charge in [-0.05, 0) is 39.1 Å². The van der Waals surface area contributed by atoms with Gasteiger partial charge in [-0.2, -0.15) is 0 Å². The van der Waals surface area contributed by atoms with Gasteiger partial charge in [0, 0.05) is 5.69 Å². The molecule has 0 aliphatic rings. The third-order valence-corrected chi connectivity index (χ3v) is 2.64. The van der Waals surface area contributed by atoms with Crippen molar-refractivity contribution in [2.45, 2.75) is 26.7 Å². The van der Waals surface area contributed by atoms with E-state index in [1.165, 1.54) is 5.56 Å². The first-order valence-electron chi connectivity index (χ1n) is 6.17. The number of anilines is 1. The van der Waals surface area contributed by atoms with Crippen LogP contribution in [-0.2, 0) is 4.79 Å². The molecule has 17 heavy (non-hydrogen) atoms. The van der Waals surface area contributed by atoms with Gasteiger partial charge in [0.1, 0.15) is 0 Å². The Bertz CT molecular complexity index is 346. The summed E-state index contributed by atoms with van der Waals surface area (Å²) in [5.41, 5.74) is 2.06. The Morgan fingerprint density at radius 3 is 2.53 bits per heavy atom. The molecule has 3 nitrogen and oxygen atoms in total. The molecule has 1 aromatic carbocycles. The summed E-state index contributed by atoms with van der Waals surface area (Å²) >= 11 is 0. The van der Waals surface area contributed by atoms with Crippen LogP contribution in [0.5, 0.6) is 0 Å². The number of rotatable bonds is 6. The van der Waals surface area contributed by atoms with Crippen molar-refractivity contribution >= 4 is 11.6 Å². The molecule has 0 saturated carbocycles.